The summed E-state index contributed by atoms with van der Waals surface area (Å²) in [5.74, 6) is -0.427. The molecular formula is C21H17FN4OS. The van der Waals surface area contributed by atoms with Gasteiger partial charge in [0.25, 0.3) is 0 Å². The quantitative estimate of drug-likeness (QED) is 0.537. The van der Waals surface area contributed by atoms with Gasteiger partial charge in [-0.15, -0.1) is 11.3 Å². The molecular weight excluding hydrogens is 375 g/mol. The number of carbonyl (C=O) groups is 1. The van der Waals surface area contributed by atoms with Gasteiger partial charge >= 0.3 is 0 Å². The van der Waals surface area contributed by atoms with E-state index in [1.807, 2.05) is 29.8 Å². The number of aromatic nitrogens is 3. The van der Waals surface area contributed by atoms with Gasteiger partial charge in [-0.2, -0.15) is 5.10 Å². The van der Waals surface area contributed by atoms with Crippen molar-refractivity contribution in [2.75, 3.05) is 0 Å². The number of pyridine rings is 1. The topological polar surface area (TPSA) is 59.8 Å². The van der Waals surface area contributed by atoms with Gasteiger partial charge in [0, 0.05) is 41.1 Å². The first-order valence-corrected chi connectivity index (χ1v) is 9.58. The second-order valence-electron chi connectivity index (χ2n) is 6.27. The third-order valence-electron chi connectivity index (χ3n) is 4.21. The number of rotatable bonds is 6. The number of carbonyl (C=O) groups excluding carboxylic acids is 1. The predicted molar refractivity (Wildman–Crippen MR) is 107 cm³/mol. The van der Waals surface area contributed by atoms with Crippen LogP contribution in [-0.2, 0) is 17.9 Å². The van der Waals surface area contributed by atoms with Crippen molar-refractivity contribution in [1.29, 1.82) is 0 Å². The molecule has 140 valence electrons. The molecule has 4 aromatic rings. The van der Waals surface area contributed by atoms with E-state index >= 15 is 0 Å². The Morgan fingerprint density at radius 1 is 1.07 bits per heavy atom. The van der Waals surface area contributed by atoms with Crippen LogP contribution in [0.4, 0.5) is 4.39 Å². The van der Waals surface area contributed by atoms with Crippen molar-refractivity contribution in [1.82, 2.24) is 20.1 Å². The van der Waals surface area contributed by atoms with Crippen LogP contribution in [0.3, 0.4) is 0 Å². The first kappa shape index (κ1) is 18.1. The summed E-state index contributed by atoms with van der Waals surface area (Å²) in [5.41, 5.74) is 3.66. The summed E-state index contributed by atoms with van der Waals surface area (Å²) in [6, 6.07) is 12.2. The zero-order valence-corrected chi connectivity index (χ0v) is 15.7. The number of amides is 1. The molecule has 1 aromatic carbocycles. The lowest BCUT2D eigenvalue weighted by Gasteiger charge is -2.06. The number of hydrogen-bond acceptors (Lipinski definition) is 4. The Kier molecular flexibility index (Phi) is 5.25. The molecule has 4 rings (SSSR count). The highest BCUT2D eigenvalue weighted by Crippen LogP contribution is 2.24. The van der Waals surface area contributed by atoms with Crippen LogP contribution in [0.25, 0.3) is 21.6 Å². The Morgan fingerprint density at radius 2 is 1.93 bits per heavy atom. The molecule has 0 bridgehead atoms. The molecule has 0 aliphatic carbocycles. The standard InChI is InChI=1S/C21H17FN4OS/c22-19-5-3-16(4-6-19)18-12-25-26(13-18)14-21(27)24-10-15-8-17(11-23-9-15)20-2-1-7-28-20/h1-9,11-13H,10,14H2,(H,24,27). The first-order chi connectivity index (χ1) is 13.7. The summed E-state index contributed by atoms with van der Waals surface area (Å²) in [4.78, 5) is 17.7. The number of nitrogens with one attached hydrogen (secondary N) is 1. The van der Waals surface area contributed by atoms with Gasteiger partial charge in [-0.25, -0.2) is 4.39 Å². The van der Waals surface area contributed by atoms with Crippen molar-refractivity contribution in [2.24, 2.45) is 0 Å². The van der Waals surface area contributed by atoms with Gasteiger partial charge < -0.3 is 5.32 Å². The van der Waals surface area contributed by atoms with Gasteiger partial charge in [0.15, 0.2) is 0 Å². The average molecular weight is 392 g/mol. The SMILES string of the molecule is O=C(Cn1cc(-c2ccc(F)cc2)cn1)NCc1cncc(-c2cccs2)c1. The van der Waals surface area contributed by atoms with Crippen LogP contribution in [0, 0.1) is 5.82 Å². The monoisotopic (exact) mass is 392 g/mol. The first-order valence-electron chi connectivity index (χ1n) is 8.70. The Labute approximate surface area is 165 Å². The van der Waals surface area contributed by atoms with Gasteiger partial charge in [0.1, 0.15) is 12.4 Å². The molecule has 0 aliphatic heterocycles. The normalized spacial score (nSPS) is 10.8. The van der Waals surface area contributed by atoms with Crippen molar-refractivity contribution >= 4 is 17.2 Å². The summed E-state index contributed by atoms with van der Waals surface area (Å²) in [6.45, 7) is 0.510. The Morgan fingerprint density at radius 3 is 2.71 bits per heavy atom. The average Bonchev–Trinajstić information content (AvgIpc) is 3.40. The Hall–Kier alpha value is -3.32. The second kappa shape index (κ2) is 8.14. The number of thiophene rings is 1. The summed E-state index contributed by atoms with van der Waals surface area (Å²) >= 11 is 1.65. The fourth-order valence-corrected chi connectivity index (χ4v) is 3.52. The lowest BCUT2D eigenvalue weighted by molar-refractivity contribution is -0.122. The van der Waals surface area contributed by atoms with Gasteiger partial charge in [-0.05, 0) is 40.8 Å². The van der Waals surface area contributed by atoms with Crippen LogP contribution < -0.4 is 5.32 Å². The highest BCUT2D eigenvalue weighted by molar-refractivity contribution is 7.13. The predicted octanol–water partition coefficient (Wildman–Crippen LogP) is 4.13. The van der Waals surface area contributed by atoms with E-state index in [2.05, 4.69) is 15.4 Å². The fourth-order valence-electron chi connectivity index (χ4n) is 2.81. The molecule has 0 atom stereocenters. The number of hydrogen-bond donors (Lipinski definition) is 1. The van der Waals surface area contributed by atoms with Crippen molar-refractivity contribution in [3.63, 3.8) is 0 Å². The Balaban J connectivity index is 1.35. The van der Waals surface area contributed by atoms with Gasteiger partial charge in [-0.1, -0.05) is 18.2 Å². The van der Waals surface area contributed by atoms with Crippen LogP contribution in [0.1, 0.15) is 5.56 Å². The highest BCUT2D eigenvalue weighted by atomic mass is 32.1. The minimum atomic E-state index is -0.284. The van der Waals surface area contributed by atoms with E-state index in [0.717, 1.165) is 27.1 Å². The van der Waals surface area contributed by atoms with E-state index in [9.17, 15) is 9.18 Å². The maximum absolute atomic E-state index is 13.0. The van der Waals surface area contributed by atoms with Crippen molar-refractivity contribution in [2.45, 2.75) is 13.1 Å². The van der Waals surface area contributed by atoms with Crippen LogP contribution >= 0.6 is 11.3 Å². The van der Waals surface area contributed by atoms with Crippen LogP contribution in [0.5, 0.6) is 0 Å². The molecule has 7 heteroatoms. The lowest BCUT2D eigenvalue weighted by Crippen LogP contribution is -2.27. The molecule has 0 saturated heterocycles. The van der Waals surface area contributed by atoms with E-state index in [0.29, 0.717) is 6.54 Å². The minimum Gasteiger partial charge on any atom is -0.350 e. The molecule has 0 radical (unpaired) electrons. The minimum absolute atomic E-state index is 0.110. The van der Waals surface area contributed by atoms with Gasteiger partial charge in [0.05, 0.1) is 6.20 Å². The zero-order chi connectivity index (χ0) is 19.3. The van der Waals surface area contributed by atoms with Crippen LogP contribution in [0.2, 0.25) is 0 Å². The Bertz CT molecular complexity index is 1070. The highest BCUT2D eigenvalue weighted by Gasteiger charge is 2.07. The maximum atomic E-state index is 13.0. The summed E-state index contributed by atoms with van der Waals surface area (Å²) in [7, 11) is 0. The van der Waals surface area contributed by atoms with E-state index in [-0.39, 0.29) is 18.3 Å². The van der Waals surface area contributed by atoms with Crippen LogP contribution in [-0.4, -0.2) is 20.7 Å². The van der Waals surface area contributed by atoms with Crippen LogP contribution in [0.15, 0.2) is 72.6 Å². The molecule has 1 N–H and O–H groups in total. The zero-order valence-electron chi connectivity index (χ0n) is 14.9. The van der Waals surface area contributed by atoms with E-state index in [4.69, 9.17) is 0 Å². The molecule has 0 aliphatic rings. The number of nitrogens with zero attached hydrogens (tertiary/aromatic N) is 3. The molecule has 0 unspecified atom stereocenters. The molecule has 3 aromatic heterocycles. The van der Waals surface area contributed by atoms with Gasteiger partial charge in [-0.3, -0.25) is 14.5 Å². The smallest absolute Gasteiger partial charge is 0.241 e. The number of halogens is 1. The number of benzene rings is 1. The fraction of sp³-hybridized carbons (Fsp3) is 0.0952. The molecule has 5 nitrogen and oxygen atoms in total. The molecule has 1 amide bonds. The molecule has 0 spiro atoms. The lowest BCUT2D eigenvalue weighted by atomic mass is 10.1. The van der Waals surface area contributed by atoms with Crippen molar-refractivity contribution < 1.29 is 9.18 Å². The van der Waals surface area contributed by atoms with E-state index in [1.165, 1.54) is 12.1 Å². The summed E-state index contributed by atoms with van der Waals surface area (Å²) in [6.07, 6.45) is 7.00. The third-order valence-corrected chi connectivity index (χ3v) is 5.13. The van der Waals surface area contributed by atoms with Crippen molar-refractivity contribution in [3.8, 4) is 21.6 Å². The summed E-state index contributed by atoms with van der Waals surface area (Å²) < 4.78 is 14.6. The molecule has 0 fully saturated rings. The molecule has 28 heavy (non-hydrogen) atoms. The molecule has 0 saturated carbocycles. The third kappa shape index (κ3) is 4.32. The van der Waals surface area contributed by atoms with E-state index < -0.39 is 0 Å². The second-order valence-corrected chi connectivity index (χ2v) is 7.22. The molecule has 3 heterocycles. The van der Waals surface area contributed by atoms with Gasteiger partial charge in [0.2, 0.25) is 5.91 Å². The summed E-state index contributed by atoms with van der Waals surface area (Å²) in [5, 5.41) is 9.12. The largest absolute Gasteiger partial charge is 0.350 e. The van der Waals surface area contributed by atoms with Crippen molar-refractivity contribution in [3.05, 3.63) is 84.0 Å². The van der Waals surface area contributed by atoms with E-state index in [1.54, 1.807) is 46.7 Å². The maximum Gasteiger partial charge on any atom is 0.241 e.